The van der Waals surface area contributed by atoms with Gasteiger partial charge in [0.2, 0.25) is 5.91 Å². The molecule has 3 aromatic rings. The van der Waals surface area contributed by atoms with Crippen molar-refractivity contribution in [2.24, 2.45) is 0 Å². The predicted molar refractivity (Wildman–Crippen MR) is 126 cm³/mol. The van der Waals surface area contributed by atoms with E-state index in [4.69, 9.17) is 14.4 Å². The van der Waals surface area contributed by atoms with E-state index in [0.717, 1.165) is 28.6 Å². The number of fused-ring (bicyclic) bond motifs is 1. The number of hydrogen-bond acceptors (Lipinski definition) is 7. The minimum Gasteiger partial charge on any atom is -0.484 e. The second kappa shape index (κ2) is 9.85. The summed E-state index contributed by atoms with van der Waals surface area (Å²) in [7, 11) is -4.18. The molecule has 0 saturated heterocycles. The van der Waals surface area contributed by atoms with Crippen molar-refractivity contribution in [3.8, 4) is 5.75 Å². The van der Waals surface area contributed by atoms with Gasteiger partial charge in [0.05, 0.1) is 35.8 Å². The Labute approximate surface area is 205 Å². The third-order valence-corrected chi connectivity index (χ3v) is 7.38. The number of nitrogens with one attached hydrogen (secondary N) is 2. The lowest BCUT2D eigenvalue weighted by molar-refractivity contribution is -0.120. The molecular formula is C23H23FN4O7S. The highest BCUT2D eigenvalue weighted by Gasteiger charge is 2.35. The first-order valence-corrected chi connectivity index (χ1v) is 12.3. The van der Waals surface area contributed by atoms with Gasteiger partial charge in [-0.15, -0.1) is 0 Å². The molecule has 2 amide bonds. The molecule has 0 spiro atoms. The van der Waals surface area contributed by atoms with Crippen LogP contribution in [0.4, 0.5) is 20.6 Å². The Bertz CT molecular complexity index is 1390. The first-order chi connectivity index (χ1) is 17.0. The molecule has 1 unspecified atom stereocenters. The Kier molecular flexibility index (Phi) is 6.84. The highest BCUT2D eigenvalue weighted by Crippen LogP contribution is 2.39. The van der Waals surface area contributed by atoms with Gasteiger partial charge in [0, 0.05) is 11.3 Å². The van der Waals surface area contributed by atoms with E-state index in [1.165, 1.54) is 18.2 Å². The topological polar surface area (TPSA) is 151 Å². The molecule has 2 aromatic carbocycles. The van der Waals surface area contributed by atoms with Crippen LogP contribution >= 0.6 is 0 Å². The fraction of sp³-hybridized carbons (Fsp3) is 0.261. The number of anilines is 2. The Morgan fingerprint density at radius 2 is 1.92 bits per heavy atom. The number of nitrogens with zero attached hydrogens (tertiary/aromatic N) is 2. The SMILES string of the molecule is Cc1noc(C)c1CC(=O)NCC1CN(S(=O)(=O)c2ccc(F)cc2)c2cc(NC(=O)O)ccc2O1. The Balaban J connectivity index is 1.59. The molecule has 1 aromatic heterocycles. The molecule has 0 fully saturated rings. The number of ether oxygens (including phenoxy) is 1. The number of halogens is 1. The van der Waals surface area contributed by atoms with Gasteiger partial charge in [0.1, 0.15) is 23.4 Å². The second-order valence-electron chi connectivity index (χ2n) is 8.13. The number of aromatic nitrogens is 1. The van der Waals surface area contributed by atoms with E-state index < -0.39 is 28.0 Å². The summed E-state index contributed by atoms with van der Waals surface area (Å²) < 4.78 is 52.4. The summed E-state index contributed by atoms with van der Waals surface area (Å²) in [5.41, 5.74) is 1.51. The molecular weight excluding hydrogens is 495 g/mol. The molecule has 2 heterocycles. The van der Waals surface area contributed by atoms with Crippen LogP contribution in [-0.4, -0.2) is 49.9 Å². The van der Waals surface area contributed by atoms with Crippen LogP contribution in [0.1, 0.15) is 17.0 Å². The third kappa shape index (κ3) is 5.25. The average Bonchev–Trinajstić information content (AvgIpc) is 3.14. The van der Waals surface area contributed by atoms with Crippen molar-refractivity contribution in [1.82, 2.24) is 10.5 Å². The molecule has 0 aliphatic carbocycles. The zero-order valence-corrected chi connectivity index (χ0v) is 20.1. The van der Waals surface area contributed by atoms with Gasteiger partial charge in [-0.1, -0.05) is 5.16 Å². The molecule has 190 valence electrons. The minimum absolute atomic E-state index is 0.00772. The van der Waals surface area contributed by atoms with Gasteiger partial charge in [0.15, 0.2) is 0 Å². The first-order valence-electron chi connectivity index (χ1n) is 10.8. The molecule has 3 N–H and O–H groups in total. The normalized spacial score (nSPS) is 15.1. The number of rotatable bonds is 7. The second-order valence-corrected chi connectivity index (χ2v) is 9.99. The molecule has 36 heavy (non-hydrogen) atoms. The predicted octanol–water partition coefficient (Wildman–Crippen LogP) is 2.84. The van der Waals surface area contributed by atoms with Gasteiger partial charge in [-0.2, -0.15) is 0 Å². The van der Waals surface area contributed by atoms with E-state index in [1.54, 1.807) is 13.8 Å². The van der Waals surface area contributed by atoms with Crippen molar-refractivity contribution in [1.29, 1.82) is 0 Å². The maximum Gasteiger partial charge on any atom is 0.409 e. The highest BCUT2D eigenvalue weighted by atomic mass is 32.2. The van der Waals surface area contributed by atoms with E-state index in [-0.39, 0.29) is 47.4 Å². The average molecular weight is 519 g/mol. The third-order valence-electron chi connectivity index (χ3n) is 5.59. The van der Waals surface area contributed by atoms with Crippen LogP contribution in [0, 0.1) is 19.7 Å². The number of carboxylic acid groups (broad SMARTS) is 1. The van der Waals surface area contributed by atoms with E-state index >= 15 is 0 Å². The number of aryl methyl sites for hydroxylation is 2. The lowest BCUT2D eigenvalue weighted by Gasteiger charge is -2.35. The lowest BCUT2D eigenvalue weighted by atomic mass is 10.1. The zero-order valence-electron chi connectivity index (χ0n) is 19.3. The summed E-state index contributed by atoms with van der Waals surface area (Å²) in [6.45, 7) is 3.24. The molecule has 13 heteroatoms. The largest absolute Gasteiger partial charge is 0.484 e. The van der Waals surface area contributed by atoms with Crippen LogP contribution in [-0.2, 0) is 21.2 Å². The molecule has 1 aliphatic heterocycles. The molecule has 1 aliphatic rings. The van der Waals surface area contributed by atoms with E-state index in [0.29, 0.717) is 17.0 Å². The molecule has 0 radical (unpaired) electrons. The standard InChI is InChI=1S/C23H23FN4O7S/c1-13-19(14(2)35-27-13)10-22(29)25-11-17-12-28(36(32,33)18-6-3-15(24)4-7-18)20-9-16(26-23(30)31)5-8-21(20)34-17/h3-9,17,26H,10-12H2,1-2H3,(H,25,29)(H,30,31). The summed E-state index contributed by atoms with van der Waals surface area (Å²) in [5, 5.41) is 17.8. The van der Waals surface area contributed by atoms with Crippen molar-refractivity contribution >= 4 is 33.4 Å². The van der Waals surface area contributed by atoms with E-state index in [1.807, 2.05) is 0 Å². The van der Waals surface area contributed by atoms with Crippen molar-refractivity contribution in [3.63, 3.8) is 0 Å². The Morgan fingerprint density at radius 3 is 2.56 bits per heavy atom. The molecule has 4 rings (SSSR count). The maximum atomic E-state index is 13.5. The highest BCUT2D eigenvalue weighted by molar-refractivity contribution is 7.92. The Morgan fingerprint density at radius 1 is 1.19 bits per heavy atom. The van der Waals surface area contributed by atoms with Gasteiger partial charge in [-0.3, -0.25) is 14.4 Å². The number of carbonyl (C=O) groups excluding carboxylic acids is 1. The van der Waals surface area contributed by atoms with Gasteiger partial charge >= 0.3 is 6.09 Å². The number of carbonyl (C=O) groups is 2. The summed E-state index contributed by atoms with van der Waals surface area (Å²) in [4.78, 5) is 23.4. The summed E-state index contributed by atoms with van der Waals surface area (Å²) in [6.07, 6.45) is -2.05. The van der Waals surface area contributed by atoms with Crippen LogP contribution in [0.5, 0.6) is 5.75 Å². The van der Waals surface area contributed by atoms with Crippen LogP contribution in [0.2, 0.25) is 0 Å². The lowest BCUT2D eigenvalue weighted by Crippen LogP contribution is -2.48. The molecule has 11 nitrogen and oxygen atoms in total. The molecule has 1 atom stereocenters. The fourth-order valence-corrected chi connectivity index (χ4v) is 5.28. The van der Waals surface area contributed by atoms with Crippen LogP contribution in [0.3, 0.4) is 0 Å². The van der Waals surface area contributed by atoms with Crippen LogP contribution < -0.4 is 19.7 Å². The quantitative estimate of drug-likeness (QED) is 0.432. The number of hydrogen-bond donors (Lipinski definition) is 3. The molecule has 0 bridgehead atoms. The number of sulfonamides is 1. The van der Waals surface area contributed by atoms with Crippen LogP contribution in [0.25, 0.3) is 0 Å². The van der Waals surface area contributed by atoms with E-state index in [9.17, 15) is 22.4 Å². The maximum absolute atomic E-state index is 13.5. The number of benzene rings is 2. The Hall–Kier alpha value is -4.13. The van der Waals surface area contributed by atoms with Gasteiger partial charge < -0.3 is 19.7 Å². The number of amides is 2. The van der Waals surface area contributed by atoms with Crippen molar-refractivity contribution in [2.75, 3.05) is 22.7 Å². The van der Waals surface area contributed by atoms with Gasteiger partial charge in [0.25, 0.3) is 10.0 Å². The first kappa shape index (κ1) is 25.0. The molecule has 0 saturated carbocycles. The van der Waals surface area contributed by atoms with Crippen molar-refractivity contribution in [3.05, 3.63) is 65.3 Å². The zero-order chi connectivity index (χ0) is 26.0. The fourth-order valence-electron chi connectivity index (χ4n) is 3.79. The van der Waals surface area contributed by atoms with Crippen molar-refractivity contribution in [2.45, 2.75) is 31.3 Å². The summed E-state index contributed by atoms with van der Waals surface area (Å²) >= 11 is 0. The van der Waals surface area contributed by atoms with Crippen molar-refractivity contribution < 1.29 is 36.8 Å². The van der Waals surface area contributed by atoms with E-state index in [2.05, 4.69) is 15.8 Å². The monoisotopic (exact) mass is 518 g/mol. The minimum atomic E-state index is -4.18. The smallest absolute Gasteiger partial charge is 0.409 e. The van der Waals surface area contributed by atoms with Gasteiger partial charge in [-0.25, -0.2) is 17.6 Å². The van der Waals surface area contributed by atoms with Crippen LogP contribution in [0.15, 0.2) is 51.9 Å². The summed E-state index contributed by atoms with van der Waals surface area (Å²) in [6, 6.07) is 8.53. The summed E-state index contributed by atoms with van der Waals surface area (Å²) in [5.74, 6) is -0.211. The van der Waals surface area contributed by atoms with Gasteiger partial charge in [-0.05, 0) is 56.3 Å².